The third kappa shape index (κ3) is 2.50. The first-order valence-corrected chi connectivity index (χ1v) is 8.91. The molecule has 0 radical (unpaired) electrons. The molecule has 1 aliphatic rings. The molecule has 0 saturated heterocycles. The molecule has 1 atom stereocenters. The van der Waals surface area contributed by atoms with Gasteiger partial charge in [-0.15, -0.1) is 11.3 Å². The number of benzene rings is 1. The quantitative estimate of drug-likeness (QED) is 0.727. The van der Waals surface area contributed by atoms with Crippen LogP contribution in [0.5, 0.6) is 0 Å². The van der Waals surface area contributed by atoms with Gasteiger partial charge in [-0.1, -0.05) is 30.3 Å². The van der Waals surface area contributed by atoms with Crippen molar-refractivity contribution < 1.29 is 14.7 Å². The third-order valence-electron chi connectivity index (χ3n) is 4.58. The number of hydrogen-bond acceptors (Lipinski definition) is 5. The van der Waals surface area contributed by atoms with Crippen molar-refractivity contribution in [2.75, 3.05) is 0 Å². The smallest absolute Gasteiger partial charge is 0.311 e. The van der Waals surface area contributed by atoms with E-state index < -0.39 is 23.4 Å². The standard InChI is InChI=1S/C18H15N3O4S/c19-12(22)8-21-15(9-4-2-1-3-5-9)20-16-14(17(21)23)13-10(18(24)25)6-7-11(13)26-16/h1-5,10H,6-8H2,(H2,19,22)(H,24,25). The third-order valence-corrected chi connectivity index (χ3v) is 5.74. The van der Waals surface area contributed by atoms with Gasteiger partial charge >= 0.3 is 5.97 Å². The average molecular weight is 369 g/mol. The van der Waals surface area contributed by atoms with Crippen molar-refractivity contribution in [2.45, 2.75) is 25.3 Å². The van der Waals surface area contributed by atoms with E-state index in [1.54, 1.807) is 12.1 Å². The summed E-state index contributed by atoms with van der Waals surface area (Å²) in [7, 11) is 0. The molecule has 132 valence electrons. The highest BCUT2D eigenvalue weighted by Gasteiger charge is 2.34. The number of carbonyl (C=O) groups is 2. The van der Waals surface area contributed by atoms with Crippen molar-refractivity contribution >= 4 is 33.4 Å². The van der Waals surface area contributed by atoms with Gasteiger partial charge in [0, 0.05) is 10.4 Å². The lowest BCUT2D eigenvalue weighted by Gasteiger charge is -2.12. The molecular weight excluding hydrogens is 354 g/mol. The Labute approximate surface area is 151 Å². The van der Waals surface area contributed by atoms with Crippen LogP contribution in [-0.2, 0) is 22.6 Å². The first-order chi connectivity index (χ1) is 12.5. The van der Waals surface area contributed by atoms with Crippen LogP contribution in [0.1, 0.15) is 22.8 Å². The van der Waals surface area contributed by atoms with Crippen LogP contribution in [-0.4, -0.2) is 26.5 Å². The van der Waals surface area contributed by atoms with Crippen LogP contribution in [0.4, 0.5) is 0 Å². The first kappa shape index (κ1) is 16.5. The summed E-state index contributed by atoms with van der Waals surface area (Å²) in [4.78, 5) is 42.3. The number of hydrogen-bond donors (Lipinski definition) is 2. The first-order valence-electron chi connectivity index (χ1n) is 8.10. The normalized spacial score (nSPS) is 15.9. The van der Waals surface area contributed by atoms with Crippen LogP contribution >= 0.6 is 11.3 Å². The maximum absolute atomic E-state index is 13.2. The summed E-state index contributed by atoms with van der Waals surface area (Å²) in [6.45, 7) is -0.311. The highest BCUT2D eigenvalue weighted by atomic mass is 32.1. The van der Waals surface area contributed by atoms with E-state index in [4.69, 9.17) is 5.73 Å². The second-order valence-electron chi connectivity index (χ2n) is 6.21. The minimum atomic E-state index is -0.948. The highest BCUT2D eigenvalue weighted by Crippen LogP contribution is 2.42. The lowest BCUT2D eigenvalue weighted by atomic mass is 10.0. The molecule has 1 aliphatic carbocycles. The van der Waals surface area contributed by atoms with Crippen LogP contribution in [0.15, 0.2) is 35.1 Å². The van der Waals surface area contributed by atoms with Crippen LogP contribution in [0.3, 0.4) is 0 Å². The number of carbonyl (C=O) groups excluding carboxylic acids is 1. The molecular formula is C18H15N3O4S. The number of aromatic nitrogens is 2. The fourth-order valence-electron chi connectivity index (χ4n) is 3.48. The molecule has 8 heteroatoms. The van der Waals surface area contributed by atoms with Gasteiger partial charge in [-0.2, -0.15) is 0 Å². The van der Waals surface area contributed by atoms with E-state index in [0.29, 0.717) is 40.0 Å². The largest absolute Gasteiger partial charge is 0.481 e. The lowest BCUT2D eigenvalue weighted by molar-refractivity contribution is -0.138. The maximum Gasteiger partial charge on any atom is 0.311 e. The SMILES string of the molecule is NC(=O)Cn1c(-c2ccccc2)nc2sc3c(c2c1=O)C(C(=O)O)CC3. The van der Waals surface area contributed by atoms with Gasteiger partial charge in [-0.3, -0.25) is 19.0 Å². The summed E-state index contributed by atoms with van der Waals surface area (Å²) in [5, 5.41) is 9.78. The molecule has 2 aromatic heterocycles. The lowest BCUT2D eigenvalue weighted by Crippen LogP contribution is -2.30. The Morgan fingerprint density at radius 1 is 1.31 bits per heavy atom. The Bertz CT molecular complexity index is 1100. The van der Waals surface area contributed by atoms with E-state index in [1.165, 1.54) is 15.9 Å². The molecule has 0 bridgehead atoms. The zero-order valence-electron chi connectivity index (χ0n) is 13.6. The molecule has 4 rings (SSSR count). The summed E-state index contributed by atoms with van der Waals surface area (Å²) in [6.07, 6.45) is 1.09. The van der Waals surface area contributed by atoms with E-state index in [1.807, 2.05) is 18.2 Å². The van der Waals surface area contributed by atoms with Crippen LogP contribution in [0.2, 0.25) is 0 Å². The topological polar surface area (TPSA) is 115 Å². The Morgan fingerprint density at radius 2 is 2.04 bits per heavy atom. The van der Waals surface area contributed by atoms with Gasteiger partial charge in [-0.05, 0) is 18.4 Å². The number of primary amides is 1. The second-order valence-corrected chi connectivity index (χ2v) is 7.29. The van der Waals surface area contributed by atoms with Crippen molar-refractivity contribution in [1.82, 2.24) is 9.55 Å². The minimum Gasteiger partial charge on any atom is -0.481 e. The molecule has 0 fully saturated rings. The van der Waals surface area contributed by atoms with Gasteiger partial charge < -0.3 is 10.8 Å². The summed E-state index contributed by atoms with van der Waals surface area (Å²) >= 11 is 1.35. The second kappa shape index (κ2) is 6.06. The molecule has 26 heavy (non-hydrogen) atoms. The van der Waals surface area contributed by atoms with Gasteiger partial charge in [0.05, 0.1) is 11.3 Å². The number of aryl methyl sites for hydroxylation is 1. The molecule has 2 heterocycles. The molecule has 1 amide bonds. The van der Waals surface area contributed by atoms with E-state index in [9.17, 15) is 19.5 Å². The highest BCUT2D eigenvalue weighted by molar-refractivity contribution is 7.18. The molecule has 3 aromatic rings. The van der Waals surface area contributed by atoms with Gasteiger partial charge in [0.15, 0.2) is 0 Å². The molecule has 0 aliphatic heterocycles. The monoisotopic (exact) mass is 369 g/mol. The molecule has 0 saturated carbocycles. The zero-order valence-corrected chi connectivity index (χ0v) is 14.5. The molecule has 1 unspecified atom stereocenters. The Kier molecular flexibility index (Phi) is 3.84. The Hall–Kier alpha value is -3.00. The number of rotatable bonds is 4. The number of fused-ring (bicyclic) bond motifs is 3. The summed E-state index contributed by atoms with van der Waals surface area (Å²) < 4.78 is 1.24. The predicted molar refractivity (Wildman–Crippen MR) is 97.2 cm³/mol. The van der Waals surface area contributed by atoms with Gasteiger partial charge in [0.2, 0.25) is 5.91 Å². The van der Waals surface area contributed by atoms with E-state index in [2.05, 4.69) is 4.98 Å². The van der Waals surface area contributed by atoms with Crippen molar-refractivity contribution in [1.29, 1.82) is 0 Å². The number of nitrogens with two attached hydrogens (primary N) is 1. The van der Waals surface area contributed by atoms with Gasteiger partial charge in [0.25, 0.3) is 5.56 Å². The summed E-state index contributed by atoms with van der Waals surface area (Å²) in [6, 6.07) is 9.07. The van der Waals surface area contributed by atoms with Crippen molar-refractivity contribution in [3.8, 4) is 11.4 Å². The Morgan fingerprint density at radius 3 is 2.69 bits per heavy atom. The molecule has 1 aromatic carbocycles. The van der Waals surface area contributed by atoms with Gasteiger partial charge in [0.1, 0.15) is 17.2 Å². The van der Waals surface area contributed by atoms with E-state index >= 15 is 0 Å². The fourth-order valence-corrected chi connectivity index (χ4v) is 4.72. The molecule has 7 nitrogen and oxygen atoms in total. The van der Waals surface area contributed by atoms with Crippen LogP contribution in [0.25, 0.3) is 21.6 Å². The zero-order chi connectivity index (χ0) is 18.4. The number of amides is 1. The van der Waals surface area contributed by atoms with Crippen molar-refractivity contribution in [3.05, 3.63) is 51.1 Å². The maximum atomic E-state index is 13.2. The molecule has 3 N–H and O–H groups in total. The minimum absolute atomic E-state index is 0.302. The Balaban J connectivity index is 2.05. The van der Waals surface area contributed by atoms with E-state index in [0.717, 1.165) is 4.88 Å². The number of carboxylic acid groups (broad SMARTS) is 1. The predicted octanol–water partition coefficient (Wildman–Crippen LogP) is 1.72. The number of aliphatic carboxylic acids is 1. The van der Waals surface area contributed by atoms with Crippen LogP contribution < -0.4 is 11.3 Å². The van der Waals surface area contributed by atoms with E-state index in [-0.39, 0.29) is 6.54 Å². The number of carboxylic acids is 1. The average Bonchev–Trinajstić information content (AvgIpc) is 3.16. The number of thiophene rings is 1. The van der Waals surface area contributed by atoms with Crippen molar-refractivity contribution in [2.24, 2.45) is 5.73 Å². The summed E-state index contributed by atoms with van der Waals surface area (Å²) in [5.41, 5.74) is 6.15. The fraction of sp³-hybridized carbons (Fsp3) is 0.222. The molecule has 0 spiro atoms. The summed E-state index contributed by atoms with van der Waals surface area (Å²) in [5.74, 6) is -1.96. The van der Waals surface area contributed by atoms with Crippen LogP contribution in [0, 0.1) is 0 Å². The van der Waals surface area contributed by atoms with Crippen molar-refractivity contribution in [3.63, 3.8) is 0 Å². The van der Waals surface area contributed by atoms with Gasteiger partial charge in [-0.25, -0.2) is 4.98 Å². The number of nitrogens with zero attached hydrogens (tertiary/aromatic N) is 2.